The molecule has 168 valence electrons. The van der Waals surface area contributed by atoms with Crippen LogP contribution in [-0.2, 0) is 0 Å². The van der Waals surface area contributed by atoms with Crippen LogP contribution in [0.25, 0.3) is 21.3 Å². The number of carboxylic acid groups (broad SMARTS) is 1. The molecule has 2 aliphatic rings. The number of carboxylic acids is 1. The number of hydrogen-bond acceptors (Lipinski definition) is 6. The Morgan fingerprint density at radius 1 is 1.09 bits per heavy atom. The van der Waals surface area contributed by atoms with Crippen molar-refractivity contribution in [3.8, 4) is 11.3 Å². The van der Waals surface area contributed by atoms with E-state index >= 15 is 0 Å². The Morgan fingerprint density at radius 2 is 1.91 bits per heavy atom. The summed E-state index contributed by atoms with van der Waals surface area (Å²) < 4.78 is 1.21. The molecule has 2 fully saturated rings. The molecule has 1 aromatic carbocycles. The van der Waals surface area contributed by atoms with Crippen LogP contribution in [0.2, 0.25) is 0 Å². The molecule has 7 heteroatoms. The molecule has 2 aromatic heterocycles. The first-order valence-corrected chi connectivity index (χ1v) is 12.3. The van der Waals surface area contributed by atoms with E-state index in [1.807, 2.05) is 18.2 Å². The molecule has 32 heavy (non-hydrogen) atoms. The standard InChI is InChI=1S/C25H29N3O3S/c29-15-17-4-3-11-28(14-17)18-9-12-27(13-10-18)24-20(25(30)31)7-8-22(26-24)21-16-32-23-6-2-1-5-19(21)23/h1-2,5-8,16-18,29H,3-4,9-15H2,(H,30,31)/t17-/m1/s1. The van der Waals surface area contributed by atoms with Gasteiger partial charge < -0.3 is 15.1 Å². The van der Waals surface area contributed by atoms with Gasteiger partial charge in [-0.2, -0.15) is 0 Å². The van der Waals surface area contributed by atoms with Gasteiger partial charge in [-0.05, 0) is 56.3 Å². The highest BCUT2D eigenvalue weighted by Crippen LogP contribution is 2.35. The van der Waals surface area contributed by atoms with Crippen LogP contribution < -0.4 is 4.90 Å². The summed E-state index contributed by atoms with van der Waals surface area (Å²) in [5, 5.41) is 22.6. The van der Waals surface area contributed by atoms with Crippen LogP contribution in [0.4, 0.5) is 5.82 Å². The fraction of sp³-hybridized carbons (Fsp3) is 0.440. The molecule has 1 atom stereocenters. The zero-order valence-corrected chi connectivity index (χ0v) is 18.9. The van der Waals surface area contributed by atoms with Gasteiger partial charge in [-0.15, -0.1) is 11.3 Å². The van der Waals surface area contributed by atoms with Crippen molar-refractivity contribution >= 4 is 33.2 Å². The molecule has 0 bridgehead atoms. The fourth-order valence-corrected chi connectivity index (χ4v) is 6.16. The summed E-state index contributed by atoms with van der Waals surface area (Å²) in [7, 11) is 0. The van der Waals surface area contributed by atoms with E-state index in [1.165, 1.54) is 4.70 Å². The molecule has 0 radical (unpaired) electrons. The first kappa shape index (κ1) is 21.4. The maximum Gasteiger partial charge on any atom is 0.339 e. The van der Waals surface area contributed by atoms with E-state index < -0.39 is 5.97 Å². The third kappa shape index (κ3) is 4.12. The normalized spacial score (nSPS) is 20.7. The lowest BCUT2D eigenvalue weighted by molar-refractivity contribution is 0.0696. The van der Waals surface area contributed by atoms with E-state index in [2.05, 4.69) is 27.3 Å². The van der Waals surface area contributed by atoms with Gasteiger partial charge in [0.05, 0.1) is 5.69 Å². The molecule has 0 aliphatic carbocycles. The van der Waals surface area contributed by atoms with Crippen LogP contribution in [0.5, 0.6) is 0 Å². The van der Waals surface area contributed by atoms with Gasteiger partial charge in [0.25, 0.3) is 0 Å². The first-order chi connectivity index (χ1) is 15.6. The molecule has 5 rings (SSSR count). The number of nitrogens with zero attached hydrogens (tertiary/aromatic N) is 3. The number of aliphatic hydroxyl groups is 1. The van der Waals surface area contributed by atoms with Gasteiger partial charge in [-0.3, -0.25) is 4.90 Å². The largest absolute Gasteiger partial charge is 0.478 e. The molecular weight excluding hydrogens is 422 g/mol. The van der Waals surface area contributed by atoms with Crippen molar-refractivity contribution in [2.45, 2.75) is 31.7 Å². The number of piperidine rings is 2. The van der Waals surface area contributed by atoms with Gasteiger partial charge in [0.15, 0.2) is 0 Å². The Hall–Kier alpha value is -2.48. The van der Waals surface area contributed by atoms with Crippen molar-refractivity contribution in [1.82, 2.24) is 9.88 Å². The molecule has 3 aromatic rings. The van der Waals surface area contributed by atoms with Crippen molar-refractivity contribution in [2.24, 2.45) is 5.92 Å². The van der Waals surface area contributed by atoms with Gasteiger partial charge >= 0.3 is 5.97 Å². The number of thiophene rings is 1. The van der Waals surface area contributed by atoms with Crippen molar-refractivity contribution in [3.63, 3.8) is 0 Å². The predicted octanol–water partition coefficient (Wildman–Crippen LogP) is 4.33. The summed E-state index contributed by atoms with van der Waals surface area (Å²) in [5.74, 6) is 0.0351. The topological polar surface area (TPSA) is 76.9 Å². The van der Waals surface area contributed by atoms with Gasteiger partial charge in [-0.1, -0.05) is 18.2 Å². The number of fused-ring (bicyclic) bond motifs is 1. The van der Waals surface area contributed by atoms with Crippen LogP contribution in [0, 0.1) is 5.92 Å². The Balaban J connectivity index is 1.38. The molecule has 0 unspecified atom stereocenters. The number of rotatable bonds is 5. The van der Waals surface area contributed by atoms with Crippen LogP contribution in [0.1, 0.15) is 36.0 Å². The summed E-state index contributed by atoms with van der Waals surface area (Å²) in [6.45, 7) is 3.93. The number of aromatic nitrogens is 1. The van der Waals surface area contributed by atoms with Gasteiger partial charge in [0.2, 0.25) is 0 Å². The quantitative estimate of drug-likeness (QED) is 0.601. The lowest BCUT2D eigenvalue weighted by atomic mass is 9.94. The van der Waals surface area contributed by atoms with Gasteiger partial charge in [-0.25, -0.2) is 9.78 Å². The van der Waals surface area contributed by atoms with Crippen LogP contribution in [0.3, 0.4) is 0 Å². The van der Waals surface area contributed by atoms with Gasteiger partial charge in [0.1, 0.15) is 11.4 Å². The second-order valence-electron chi connectivity index (χ2n) is 8.92. The second kappa shape index (κ2) is 9.17. The SMILES string of the molecule is O=C(O)c1ccc(-c2csc3ccccc23)nc1N1CCC(N2CCC[C@@H](CO)C2)CC1. The number of aromatic carboxylic acids is 1. The minimum atomic E-state index is -0.932. The van der Waals surface area contributed by atoms with Crippen molar-refractivity contribution in [3.05, 3.63) is 47.3 Å². The van der Waals surface area contributed by atoms with Crippen LogP contribution >= 0.6 is 11.3 Å². The number of carbonyl (C=O) groups is 1. The molecule has 2 saturated heterocycles. The van der Waals surface area contributed by atoms with E-state index in [1.54, 1.807) is 17.4 Å². The summed E-state index contributed by atoms with van der Waals surface area (Å²) in [6.07, 6.45) is 4.24. The highest BCUT2D eigenvalue weighted by atomic mass is 32.1. The van der Waals surface area contributed by atoms with E-state index in [-0.39, 0.29) is 12.2 Å². The molecule has 2 aliphatic heterocycles. The first-order valence-electron chi connectivity index (χ1n) is 11.4. The molecule has 6 nitrogen and oxygen atoms in total. The highest BCUT2D eigenvalue weighted by Gasteiger charge is 2.30. The Bertz CT molecular complexity index is 1110. The lowest BCUT2D eigenvalue weighted by Crippen LogP contribution is -2.49. The van der Waals surface area contributed by atoms with Crippen LogP contribution in [-0.4, -0.2) is 64.9 Å². The van der Waals surface area contributed by atoms with Crippen molar-refractivity contribution < 1.29 is 15.0 Å². The molecule has 2 N–H and O–H groups in total. The lowest BCUT2D eigenvalue weighted by Gasteiger charge is -2.42. The van der Waals surface area contributed by atoms with Gasteiger partial charge in [0, 0.05) is 53.3 Å². The van der Waals surface area contributed by atoms with Crippen LogP contribution in [0.15, 0.2) is 41.8 Å². The van der Waals surface area contributed by atoms with E-state index in [0.717, 1.165) is 68.5 Å². The predicted molar refractivity (Wildman–Crippen MR) is 129 cm³/mol. The maximum atomic E-state index is 12.0. The van der Waals surface area contributed by atoms with E-state index in [0.29, 0.717) is 17.8 Å². The molecule has 0 saturated carbocycles. The van der Waals surface area contributed by atoms with Crippen molar-refractivity contribution in [2.75, 3.05) is 37.7 Å². The summed E-state index contributed by atoms with van der Waals surface area (Å²) in [6, 6.07) is 12.3. The minimum Gasteiger partial charge on any atom is -0.478 e. The summed E-state index contributed by atoms with van der Waals surface area (Å²) >= 11 is 1.69. The van der Waals surface area contributed by atoms with Crippen molar-refractivity contribution in [1.29, 1.82) is 0 Å². The highest BCUT2D eigenvalue weighted by molar-refractivity contribution is 7.17. The maximum absolute atomic E-state index is 12.0. The smallest absolute Gasteiger partial charge is 0.339 e. The molecular formula is C25H29N3O3S. The number of benzene rings is 1. The second-order valence-corrected chi connectivity index (χ2v) is 9.83. The monoisotopic (exact) mass is 451 g/mol. The molecule has 0 amide bonds. The summed E-state index contributed by atoms with van der Waals surface area (Å²) in [4.78, 5) is 21.5. The number of anilines is 1. The number of hydrogen-bond donors (Lipinski definition) is 2. The fourth-order valence-electron chi connectivity index (χ4n) is 5.20. The third-order valence-electron chi connectivity index (χ3n) is 6.95. The average Bonchev–Trinajstić information content (AvgIpc) is 3.28. The summed E-state index contributed by atoms with van der Waals surface area (Å²) in [5.41, 5.74) is 2.15. The number of aliphatic hydroxyl groups excluding tert-OH is 1. The molecule has 4 heterocycles. The third-order valence-corrected chi connectivity index (χ3v) is 7.91. The Labute approximate surface area is 192 Å². The average molecular weight is 452 g/mol. The Morgan fingerprint density at radius 3 is 2.69 bits per heavy atom. The number of likely N-dealkylation sites (tertiary alicyclic amines) is 1. The van der Waals surface area contributed by atoms with E-state index in [4.69, 9.17) is 4.98 Å². The number of pyridine rings is 1. The Kier molecular flexibility index (Phi) is 6.13. The van der Waals surface area contributed by atoms with E-state index in [9.17, 15) is 15.0 Å². The minimum absolute atomic E-state index is 0.269. The zero-order valence-electron chi connectivity index (χ0n) is 18.1. The molecule has 0 spiro atoms. The zero-order chi connectivity index (χ0) is 22.1.